The van der Waals surface area contributed by atoms with Gasteiger partial charge < -0.3 is 14.5 Å². The lowest BCUT2D eigenvalue weighted by molar-refractivity contribution is -0.169. The van der Waals surface area contributed by atoms with Gasteiger partial charge in [-0.15, -0.1) is 5.10 Å². The number of hydrazine groups is 1. The molecule has 0 aliphatic carbocycles. The molecule has 5 rings (SSSR count). The number of tetrazole rings is 1. The molecular weight excluding hydrogens is 572 g/mol. The number of esters is 2. The molecular formula is C34H42N6O5. The molecule has 0 radical (unpaired) electrons. The third-order valence-electron chi connectivity index (χ3n) is 8.63. The van der Waals surface area contributed by atoms with Crippen LogP contribution < -0.4 is 0 Å². The second kappa shape index (κ2) is 14.6. The number of ether oxygens (including phenoxy) is 2. The van der Waals surface area contributed by atoms with Gasteiger partial charge in [0.25, 0.3) is 0 Å². The maximum atomic E-state index is 14.0. The first-order valence-electron chi connectivity index (χ1n) is 15.9. The minimum absolute atomic E-state index is 0.0361. The summed E-state index contributed by atoms with van der Waals surface area (Å²) in [6, 6.07) is 16.0. The first kappa shape index (κ1) is 32.0. The zero-order chi connectivity index (χ0) is 31.9. The number of benzene rings is 2. The Morgan fingerprint density at radius 3 is 2.27 bits per heavy atom. The van der Waals surface area contributed by atoms with Crippen molar-refractivity contribution in [3.8, 4) is 22.5 Å². The first-order chi connectivity index (χ1) is 21.9. The van der Waals surface area contributed by atoms with Crippen molar-refractivity contribution in [2.75, 3.05) is 13.2 Å². The van der Waals surface area contributed by atoms with Crippen molar-refractivity contribution in [2.24, 2.45) is 5.92 Å². The van der Waals surface area contributed by atoms with Crippen molar-refractivity contribution >= 4 is 17.7 Å². The number of fused-ring (bicyclic) bond motifs is 1. The number of ketones is 1. The summed E-state index contributed by atoms with van der Waals surface area (Å²) in [7, 11) is 0. The van der Waals surface area contributed by atoms with E-state index < -0.39 is 29.7 Å². The fourth-order valence-corrected chi connectivity index (χ4v) is 6.43. The molecule has 3 heterocycles. The smallest absolute Gasteiger partial charge is 0.328 e. The van der Waals surface area contributed by atoms with Crippen LogP contribution >= 0.6 is 0 Å². The zero-order valence-corrected chi connectivity index (χ0v) is 26.4. The van der Waals surface area contributed by atoms with Gasteiger partial charge in [-0.25, -0.2) is 10.1 Å². The molecule has 11 heteroatoms. The molecule has 45 heavy (non-hydrogen) atoms. The number of nitrogens with zero attached hydrogens (tertiary/aromatic N) is 5. The molecule has 0 spiro atoms. The molecule has 2 aliphatic heterocycles. The number of aromatic amines is 1. The molecule has 2 aromatic carbocycles. The van der Waals surface area contributed by atoms with Crippen LogP contribution in [0.3, 0.4) is 0 Å². The van der Waals surface area contributed by atoms with Gasteiger partial charge in [0.1, 0.15) is 0 Å². The Bertz CT molecular complexity index is 1490. The van der Waals surface area contributed by atoms with Gasteiger partial charge in [0, 0.05) is 17.8 Å². The summed E-state index contributed by atoms with van der Waals surface area (Å²) in [6.07, 6.45) is 7.03. The van der Waals surface area contributed by atoms with Crippen molar-refractivity contribution in [1.82, 2.24) is 30.6 Å². The number of H-pyrrole nitrogens is 1. The Kier molecular flexibility index (Phi) is 10.4. The highest BCUT2D eigenvalue weighted by molar-refractivity contribution is 6.16. The molecule has 1 fully saturated rings. The number of rotatable bonds is 13. The lowest BCUT2D eigenvalue weighted by Gasteiger charge is -2.47. The van der Waals surface area contributed by atoms with E-state index in [1.807, 2.05) is 18.2 Å². The summed E-state index contributed by atoms with van der Waals surface area (Å²) < 4.78 is 10.3. The van der Waals surface area contributed by atoms with Crippen molar-refractivity contribution in [3.05, 3.63) is 65.9 Å². The quantitative estimate of drug-likeness (QED) is 0.209. The average Bonchev–Trinajstić information content (AvgIpc) is 3.70. The number of hydrogen-bond acceptors (Lipinski definition) is 10. The fourth-order valence-electron chi connectivity index (χ4n) is 6.43. The summed E-state index contributed by atoms with van der Waals surface area (Å²) in [5, 5.41) is 18.7. The van der Waals surface area contributed by atoms with Gasteiger partial charge in [-0.2, -0.15) is 0 Å². The number of hydrogen-bond donors (Lipinski definition) is 1. The minimum atomic E-state index is -1.59. The summed E-state index contributed by atoms with van der Waals surface area (Å²) in [4.78, 5) is 39.8. The number of Topliss-reactive ketones (excluding diaryl/α,β-unsaturated/α-hetero) is 1. The molecule has 3 atom stereocenters. The van der Waals surface area contributed by atoms with Crippen molar-refractivity contribution < 1.29 is 23.9 Å². The van der Waals surface area contributed by atoms with Gasteiger partial charge in [0.15, 0.2) is 11.6 Å². The zero-order valence-electron chi connectivity index (χ0n) is 26.4. The topological polar surface area (TPSA) is 131 Å². The summed E-state index contributed by atoms with van der Waals surface area (Å²) >= 11 is 0. The van der Waals surface area contributed by atoms with Crippen molar-refractivity contribution in [3.63, 3.8) is 0 Å². The van der Waals surface area contributed by atoms with Crippen LogP contribution in [0.4, 0.5) is 0 Å². The molecule has 1 saturated heterocycles. The molecule has 3 aromatic rings. The van der Waals surface area contributed by atoms with E-state index in [0.29, 0.717) is 18.7 Å². The highest BCUT2D eigenvalue weighted by atomic mass is 16.6. The van der Waals surface area contributed by atoms with Crippen LogP contribution in [0.5, 0.6) is 0 Å². The van der Waals surface area contributed by atoms with E-state index >= 15 is 0 Å². The monoisotopic (exact) mass is 614 g/mol. The van der Waals surface area contributed by atoms with E-state index in [9.17, 15) is 14.4 Å². The Labute approximate surface area is 263 Å². The number of carbonyl (C=O) groups excluding carboxylic acids is 3. The molecule has 0 saturated carbocycles. The first-order valence-corrected chi connectivity index (χ1v) is 15.9. The number of nitrogens with one attached hydrogen (secondary N) is 1. The van der Waals surface area contributed by atoms with Crippen LogP contribution in [0.15, 0.2) is 60.3 Å². The maximum Gasteiger partial charge on any atom is 0.328 e. The van der Waals surface area contributed by atoms with E-state index in [2.05, 4.69) is 81.0 Å². The van der Waals surface area contributed by atoms with Crippen LogP contribution in [-0.4, -0.2) is 79.7 Å². The molecule has 2 aliphatic rings. The summed E-state index contributed by atoms with van der Waals surface area (Å²) in [5.74, 6) is -3.12. The Morgan fingerprint density at radius 1 is 0.956 bits per heavy atom. The van der Waals surface area contributed by atoms with Crippen molar-refractivity contribution in [2.45, 2.75) is 84.3 Å². The van der Waals surface area contributed by atoms with Gasteiger partial charge in [-0.05, 0) is 79.1 Å². The average molecular weight is 615 g/mol. The van der Waals surface area contributed by atoms with E-state index in [0.717, 1.165) is 47.9 Å². The minimum Gasteiger partial charge on any atom is -0.465 e. The van der Waals surface area contributed by atoms with E-state index in [1.165, 1.54) is 5.57 Å². The SMILES string of the molecule is CCCCC1C(Cc2ccc(-c3ccccc3-c3nnn[nH]3)cc2)=CN2C(C)CCC(C(=O)C(C(=O)OCC)C(=O)OCC)N12. The third kappa shape index (κ3) is 6.83. The Balaban J connectivity index is 1.41. The molecule has 238 valence electrons. The number of carbonyl (C=O) groups is 3. The summed E-state index contributed by atoms with van der Waals surface area (Å²) in [6.45, 7) is 7.77. The molecule has 0 amide bonds. The normalized spacial score (nSPS) is 19.7. The maximum absolute atomic E-state index is 14.0. The Hall–Kier alpha value is -4.38. The van der Waals surface area contributed by atoms with Crippen LogP contribution in [0.2, 0.25) is 0 Å². The van der Waals surface area contributed by atoms with Crippen LogP contribution in [0.1, 0.15) is 65.4 Å². The van der Waals surface area contributed by atoms with Gasteiger partial charge >= 0.3 is 11.9 Å². The van der Waals surface area contributed by atoms with Gasteiger partial charge in [-0.1, -0.05) is 68.3 Å². The highest BCUT2D eigenvalue weighted by Crippen LogP contribution is 2.39. The lowest BCUT2D eigenvalue weighted by Crippen LogP contribution is -2.60. The second-order valence-electron chi connectivity index (χ2n) is 11.6. The predicted octanol–water partition coefficient (Wildman–Crippen LogP) is 4.91. The number of unbranched alkanes of at least 4 members (excludes halogenated alkanes) is 1. The van der Waals surface area contributed by atoms with Crippen LogP contribution in [-0.2, 0) is 30.3 Å². The van der Waals surface area contributed by atoms with Crippen LogP contribution in [0, 0.1) is 5.92 Å². The van der Waals surface area contributed by atoms with Crippen molar-refractivity contribution in [1.29, 1.82) is 0 Å². The summed E-state index contributed by atoms with van der Waals surface area (Å²) in [5.41, 5.74) is 5.36. The molecule has 0 bridgehead atoms. The molecule has 11 nitrogen and oxygen atoms in total. The second-order valence-corrected chi connectivity index (χ2v) is 11.6. The molecule has 3 unspecified atom stereocenters. The fraction of sp³-hybridized carbons (Fsp3) is 0.471. The number of aromatic nitrogens is 4. The van der Waals surface area contributed by atoms with E-state index in [-0.39, 0.29) is 25.3 Å². The van der Waals surface area contributed by atoms with E-state index in [4.69, 9.17) is 9.47 Å². The van der Waals surface area contributed by atoms with Gasteiger partial charge in [0.05, 0.1) is 25.3 Å². The van der Waals surface area contributed by atoms with Crippen LogP contribution in [0.25, 0.3) is 22.5 Å². The Morgan fingerprint density at radius 2 is 1.64 bits per heavy atom. The van der Waals surface area contributed by atoms with Gasteiger partial charge in [-0.3, -0.25) is 14.4 Å². The largest absolute Gasteiger partial charge is 0.465 e. The standard InChI is InChI=1S/C34H42N6O5/c1-5-8-13-28-25(20-23-15-17-24(18-16-23)26-11-9-10-12-27(26)32-35-37-38-36-32)21-39-22(4)14-19-29(40(28)39)31(41)30(33(42)44-6-2)34(43)45-7-3/h9-12,15-18,21-22,28-30H,5-8,13-14,19-20H2,1-4H3,(H,35,36,37,38). The highest BCUT2D eigenvalue weighted by Gasteiger charge is 2.49. The predicted molar refractivity (Wildman–Crippen MR) is 168 cm³/mol. The van der Waals surface area contributed by atoms with Gasteiger partial charge in [0.2, 0.25) is 5.92 Å². The van der Waals surface area contributed by atoms with E-state index in [1.54, 1.807) is 13.8 Å². The lowest BCUT2D eigenvalue weighted by atomic mass is 9.89. The third-order valence-corrected chi connectivity index (χ3v) is 8.63. The molecule has 1 N–H and O–H groups in total. The molecule has 1 aromatic heterocycles.